The molecular formula is C19H20F3N7O3. The van der Waals surface area contributed by atoms with E-state index in [0.717, 1.165) is 22.5 Å². The molecule has 1 amide bonds. The van der Waals surface area contributed by atoms with Crippen molar-refractivity contribution in [3.05, 3.63) is 59.7 Å². The molecule has 1 aliphatic rings. The number of hydrogen-bond acceptors (Lipinski definition) is 6. The van der Waals surface area contributed by atoms with E-state index in [4.69, 9.17) is 9.90 Å². The molecule has 4 rings (SSSR count). The zero-order valence-electron chi connectivity index (χ0n) is 17.0. The van der Waals surface area contributed by atoms with E-state index in [-0.39, 0.29) is 5.91 Å². The number of nitrogens with zero attached hydrogens (tertiary/aromatic N) is 7. The second kappa shape index (κ2) is 9.58. The van der Waals surface area contributed by atoms with Crippen molar-refractivity contribution in [3.8, 4) is 0 Å². The Hall–Kier alpha value is -3.77. The van der Waals surface area contributed by atoms with Crippen molar-refractivity contribution in [3.63, 3.8) is 0 Å². The Morgan fingerprint density at radius 2 is 1.88 bits per heavy atom. The highest BCUT2D eigenvalue weighted by Crippen LogP contribution is 2.26. The molecule has 170 valence electrons. The van der Waals surface area contributed by atoms with Gasteiger partial charge in [0.15, 0.2) is 0 Å². The van der Waals surface area contributed by atoms with Gasteiger partial charge in [-0.3, -0.25) is 14.2 Å². The highest BCUT2D eigenvalue weighted by molar-refractivity contribution is 5.77. The molecule has 0 fully saturated rings. The third-order valence-corrected chi connectivity index (χ3v) is 4.76. The Balaban J connectivity index is 0.000000360. The topological polar surface area (TPSA) is 119 Å². The lowest BCUT2D eigenvalue weighted by Crippen LogP contribution is -2.26. The van der Waals surface area contributed by atoms with Crippen LogP contribution < -0.4 is 0 Å². The number of aliphatic carboxylic acids is 1. The molecule has 4 heterocycles. The number of amides is 1. The second-order valence-electron chi connectivity index (χ2n) is 7.00. The van der Waals surface area contributed by atoms with Crippen LogP contribution in [0.5, 0.6) is 0 Å². The first-order chi connectivity index (χ1) is 15.1. The average Bonchev–Trinajstić information content (AvgIpc) is 3.47. The minimum atomic E-state index is -5.08. The summed E-state index contributed by atoms with van der Waals surface area (Å²) in [4.78, 5) is 31.3. The van der Waals surface area contributed by atoms with Crippen molar-refractivity contribution in [1.29, 1.82) is 0 Å². The predicted octanol–water partition coefficient (Wildman–Crippen LogP) is 1.56. The van der Waals surface area contributed by atoms with Gasteiger partial charge in [-0.25, -0.2) is 14.8 Å². The van der Waals surface area contributed by atoms with Gasteiger partial charge in [-0.1, -0.05) is 0 Å². The summed E-state index contributed by atoms with van der Waals surface area (Å²) < 4.78 is 35.5. The fourth-order valence-electron chi connectivity index (χ4n) is 3.19. The van der Waals surface area contributed by atoms with Gasteiger partial charge in [-0.2, -0.15) is 23.4 Å². The SMILES string of the molecule is Cn1nc(Cn2cccn2)c2c1CN(C(=O)CCc1cncnc1)C2.O=C(O)C(F)(F)F. The number of carboxylic acid groups (broad SMARTS) is 1. The molecule has 0 unspecified atom stereocenters. The first kappa shape index (κ1) is 22.9. The van der Waals surface area contributed by atoms with Gasteiger partial charge in [-0.15, -0.1) is 0 Å². The lowest BCUT2D eigenvalue weighted by Gasteiger charge is -2.16. The van der Waals surface area contributed by atoms with Gasteiger partial charge < -0.3 is 10.0 Å². The van der Waals surface area contributed by atoms with Gasteiger partial charge in [0.05, 0.1) is 24.5 Å². The molecule has 32 heavy (non-hydrogen) atoms. The van der Waals surface area contributed by atoms with Crippen LogP contribution >= 0.6 is 0 Å². The number of carbonyl (C=O) groups excluding carboxylic acids is 1. The predicted molar refractivity (Wildman–Crippen MR) is 103 cm³/mol. The fraction of sp³-hybridized carbons (Fsp3) is 0.368. The van der Waals surface area contributed by atoms with Crippen LogP contribution in [0.25, 0.3) is 0 Å². The third kappa shape index (κ3) is 5.68. The number of alkyl halides is 3. The molecule has 0 bridgehead atoms. The van der Waals surface area contributed by atoms with Crippen molar-refractivity contribution in [2.45, 2.75) is 38.7 Å². The number of fused-ring (bicyclic) bond motifs is 1. The zero-order valence-corrected chi connectivity index (χ0v) is 17.0. The Bertz CT molecular complexity index is 1070. The van der Waals surface area contributed by atoms with Gasteiger partial charge in [0, 0.05) is 50.4 Å². The fourth-order valence-corrected chi connectivity index (χ4v) is 3.19. The van der Waals surface area contributed by atoms with E-state index in [1.54, 1.807) is 18.6 Å². The van der Waals surface area contributed by atoms with Crippen LogP contribution in [0.15, 0.2) is 37.2 Å². The maximum Gasteiger partial charge on any atom is 0.490 e. The molecule has 0 atom stereocenters. The highest BCUT2D eigenvalue weighted by Gasteiger charge is 2.38. The summed E-state index contributed by atoms with van der Waals surface area (Å²) in [5.74, 6) is -2.61. The Kier molecular flexibility index (Phi) is 6.85. The first-order valence-corrected chi connectivity index (χ1v) is 9.48. The summed E-state index contributed by atoms with van der Waals surface area (Å²) in [6, 6.07) is 1.90. The van der Waals surface area contributed by atoms with Crippen LogP contribution in [0.3, 0.4) is 0 Å². The highest BCUT2D eigenvalue weighted by atomic mass is 19.4. The zero-order chi connectivity index (χ0) is 23.3. The second-order valence-corrected chi connectivity index (χ2v) is 7.00. The van der Waals surface area contributed by atoms with E-state index in [1.807, 2.05) is 33.6 Å². The van der Waals surface area contributed by atoms with Crippen molar-refractivity contribution < 1.29 is 27.9 Å². The van der Waals surface area contributed by atoms with Gasteiger partial charge in [-0.05, 0) is 18.1 Å². The Labute approximate surface area is 180 Å². The van der Waals surface area contributed by atoms with E-state index in [2.05, 4.69) is 20.2 Å². The van der Waals surface area contributed by atoms with Crippen LogP contribution in [0.4, 0.5) is 13.2 Å². The lowest BCUT2D eigenvalue weighted by atomic mass is 10.2. The van der Waals surface area contributed by atoms with E-state index in [0.29, 0.717) is 32.5 Å². The monoisotopic (exact) mass is 451 g/mol. The maximum absolute atomic E-state index is 12.6. The molecule has 3 aromatic rings. The molecule has 0 saturated carbocycles. The summed E-state index contributed by atoms with van der Waals surface area (Å²) in [6.07, 6.45) is 4.72. The molecule has 3 aromatic heterocycles. The van der Waals surface area contributed by atoms with E-state index < -0.39 is 12.1 Å². The number of hydrogen-bond donors (Lipinski definition) is 1. The standard InChI is InChI=1S/C17H19N7O.C2HF3O2/c1-22-16-11-23(17(25)4-3-13-7-18-12-19-8-13)9-14(16)15(21-22)10-24-6-2-5-20-24;3-2(4,5)1(6)7/h2,5-8,12H,3-4,9-11H2,1H3;(H,6,7). The quantitative estimate of drug-likeness (QED) is 0.625. The molecule has 0 aliphatic carbocycles. The molecule has 1 N–H and O–H groups in total. The van der Waals surface area contributed by atoms with Crippen molar-refractivity contribution in [2.75, 3.05) is 0 Å². The minimum Gasteiger partial charge on any atom is -0.475 e. The minimum absolute atomic E-state index is 0.144. The van der Waals surface area contributed by atoms with Crippen LogP contribution in [0, 0.1) is 0 Å². The normalized spacial score (nSPS) is 12.8. The number of aryl methyl sites for hydroxylation is 2. The van der Waals surface area contributed by atoms with E-state index in [1.165, 1.54) is 6.33 Å². The molecule has 10 nitrogen and oxygen atoms in total. The van der Waals surface area contributed by atoms with E-state index >= 15 is 0 Å². The van der Waals surface area contributed by atoms with Gasteiger partial charge in [0.1, 0.15) is 6.33 Å². The van der Waals surface area contributed by atoms with Crippen molar-refractivity contribution in [1.82, 2.24) is 34.4 Å². The van der Waals surface area contributed by atoms with E-state index in [9.17, 15) is 18.0 Å². The molecule has 0 aromatic carbocycles. The summed E-state index contributed by atoms with van der Waals surface area (Å²) in [6.45, 7) is 1.85. The number of rotatable bonds is 5. The number of aromatic nitrogens is 6. The molecule has 1 aliphatic heterocycles. The van der Waals surface area contributed by atoms with Crippen molar-refractivity contribution in [2.24, 2.45) is 7.05 Å². The molecular weight excluding hydrogens is 431 g/mol. The van der Waals surface area contributed by atoms with Crippen LogP contribution in [-0.2, 0) is 42.7 Å². The van der Waals surface area contributed by atoms with Gasteiger partial charge in [0.2, 0.25) is 5.91 Å². The summed E-state index contributed by atoms with van der Waals surface area (Å²) in [7, 11) is 1.93. The molecule has 0 spiro atoms. The largest absolute Gasteiger partial charge is 0.490 e. The van der Waals surface area contributed by atoms with Gasteiger partial charge in [0.25, 0.3) is 0 Å². The first-order valence-electron chi connectivity index (χ1n) is 9.48. The Morgan fingerprint density at radius 3 is 2.47 bits per heavy atom. The third-order valence-electron chi connectivity index (χ3n) is 4.76. The number of carboxylic acids is 1. The molecule has 0 saturated heterocycles. The van der Waals surface area contributed by atoms with Gasteiger partial charge >= 0.3 is 12.1 Å². The lowest BCUT2D eigenvalue weighted by molar-refractivity contribution is -0.192. The molecule has 0 radical (unpaired) electrons. The van der Waals surface area contributed by atoms with Crippen molar-refractivity contribution >= 4 is 11.9 Å². The number of halogens is 3. The summed E-state index contributed by atoms with van der Waals surface area (Å²) >= 11 is 0. The smallest absolute Gasteiger partial charge is 0.475 e. The number of carbonyl (C=O) groups is 2. The Morgan fingerprint density at radius 1 is 1.19 bits per heavy atom. The van der Waals surface area contributed by atoms with Crippen LogP contribution in [0.1, 0.15) is 28.9 Å². The average molecular weight is 451 g/mol. The summed E-state index contributed by atoms with van der Waals surface area (Å²) in [5.41, 5.74) is 4.22. The van der Waals surface area contributed by atoms with Crippen LogP contribution in [0.2, 0.25) is 0 Å². The molecule has 13 heteroatoms. The maximum atomic E-state index is 12.6. The van der Waals surface area contributed by atoms with Crippen LogP contribution in [-0.4, -0.2) is 57.6 Å². The summed E-state index contributed by atoms with van der Waals surface area (Å²) in [5, 5.41) is 16.0.